The first-order valence-corrected chi connectivity index (χ1v) is 6.31. The molecular formula is C16H18ClNO2. The van der Waals surface area contributed by atoms with E-state index in [0.717, 1.165) is 17.5 Å². The molecule has 0 aliphatic carbocycles. The van der Waals surface area contributed by atoms with Crippen LogP contribution in [0.3, 0.4) is 0 Å². The predicted octanol–water partition coefficient (Wildman–Crippen LogP) is 2.76. The van der Waals surface area contributed by atoms with E-state index >= 15 is 0 Å². The van der Waals surface area contributed by atoms with Gasteiger partial charge in [0.25, 0.3) is 0 Å². The van der Waals surface area contributed by atoms with Crippen molar-refractivity contribution in [3.05, 3.63) is 65.7 Å². The number of hydrogen-bond acceptors (Lipinski definition) is 3. The molecule has 0 aromatic heterocycles. The lowest BCUT2D eigenvalue weighted by molar-refractivity contribution is -0.133. The molecule has 0 aliphatic heterocycles. The van der Waals surface area contributed by atoms with E-state index in [9.17, 15) is 4.79 Å². The van der Waals surface area contributed by atoms with E-state index in [1.165, 1.54) is 0 Å². The van der Waals surface area contributed by atoms with E-state index < -0.39 is 0 Å². The Morgan fingerprint density at radius 2 is 1.60 bits per heavy atom. The van der Waals surface area contributed by atoms with Gasteiger partial charge >= 0.3 is 5.97 Å². The molecule has 0 saturated heterocycles. The highest BCUT2D eigenvalue weighted by Crippen LogP contribution is 2.13. The molecule has 0 bridgehead atoms. The number of carbonyl (C=O) groups is 1. The van der Waals surface area contributed by atoms with Gasteiger partial charge in [-0.3, -0.25) is 4.79 Å². The average Bonchev–Trinajstić information content (AvgIpc) is 2.42. The van der Waals surface area contributed by atoms with Crippen molar-refractivity contribution in [3.63, 3.8) is 0 Å². The molecule has 0 aliphatic rings. The number of hydrogen-bond donors (Lipinski definition) is 1. The van der Waals surface area contributed by atoms with Crippen LogP contribution in [0.2, 0.25) is 0 Å². The van der Waals surface area contributed by atoms with Crippen molar-refractivity contribution in [1.82, 2.24) is 0 Å². The summed E-state index contributed by atoms with van der Waals surface area (Å²) in [7, 11) is 0. The molecule has 0 fully saturated rings. The van der Waals surface area contributed by atoms with E-state index in [1.54, 1.807) is 12.1 Å². The summed E-state index contributed by atoms with van der Waals surface area (Å²) in [6.07, 6.45) is 1.11. The Hall–Kier alpha value is -1.84. The minimum atomic E-state index is -0.252. The predicted molar refractivity (Wildman–Crippen MR) is 82.2 cm³/mol. The first-order chi connectivity index (χ1) is 9.28. The fraction of sp³-hybridized carbons (Fsp3) is 0.188. The fourth-order valence-corrected chi connectivity index (χ4v) is 1.82. The van der Waals surface area contributed by atoms with E-state index in [1.807, 2.05) is 42.5 Å². The molecule has 0 amide bonds. The number of nitrogens with two attached hydrogens (primary N) is 1. The Labute approximate surface area is 125 Å². The molecule has 0 atom stereocenters. The Balaban J connectivity index is 0.00000200. The van der Waals surface area contributed by atoms with Crippen molar-refractivity contribution < 1.29 is 9.53 Å². The Kier molecular flexibility index (Phi) is 6.77. The van der Waals surface area contributed by atoms with E-state index in [2.05, 4.69) is 0 Å². The van der Waals surface area contributed by atoms with Crippen LogP contribution in [-0.2, 0) is 17.6 Å². The number of ether oxygens (including phenoxy) is 1. The molecule has 0 spiro atoms. The molecule has 2 rings (SSSR count). The quantitative estimate of drug-likeness (QED) is 0.681. The maximum absolute atomic E-state index is 11.8. The van der Waals surface area contributed by atoms with Gasteiger partial charge in [0, 0.05) is 0 Å². The van der Waals surface area contributed by atoms with Crippen LogP contribution in [0, 0.1) is 0 Å². The molecule has 2 aromatic rings. The van der Waals surface area contributed by atoms with Gasteiger partial charge < -0.3 is 10.5 Å². The summed E-state index contributed by atoms with van der Waals surface area (Å²) in [5, 5.41) is 0. The second-order valence-corrected chi connectivity index (χ2v) is 4.32. The number of carbonyl (C=O) groups excluding carboxylic acids is 1. The number of rotatable bonds is 5. The Morgan fingerprint density at radius 1 is 0.950 bits per heavy atom. The Morgan fingerprint density at radius 3 is 2.20 bits per heavy atom. The molecule has 0 unspecified atom stereocenters. The third-order valence-electron chi connectivity index (χ3n) is 2.78. The molecule has 2 N–H and O–H groups in total. The molecule has 2 aromatic carbocycles. The summed E-state index contributed by atoms with van der Waals surface area (Å²) >= 11 is 0. The minimum absolute atomic E-state index is 0. The van der Waals surface area contributed by atoms with Gasteiger partial charge in [-0.1, -0.05) is 42.5 Å². The lowest BCUT2D eigenvalue weighted by Gasteiger charge is -2.05. The molecule has 4 heteroatoms. The van der Waals surface area contributed by atoms with Gasteiger partial charge in [0.2, 0.25) is 0 Å². The van der Waals surface area contributed by atoms with E-state index in [4.69, 9.17) is 10.5 Å². The van der Waals surface area contributed by atoms with Crippen LogP contribution in [0.15, 0.2) is 54.6 Å². The normalized spacial score (nSPS) is 9.65. The minimum Gasteiger partial charge on any atom is -0.426 e. The van der Waals surface area contributed by atoms with Crippen LogP contribution >= 0.6 is 12.4 Å². The molecule has 3 nitrogen and oxygen atoms in total. The van der Waals surface area contributed by atoms with E-state index in [0.29, 0.717) is 12.3 Å². The van der Waals surface area contributed by atoms with Crippen molar-refractivity contribution in [2.45, 2.75) is 12.8 Å². The van der Waals surface area contributed by atoms with Crippen LogP contribution in [0.5, 0.6) is 5.75 Å². The van der Waals surface area contributed by atoms with Crippen LogP contribution in [0.25, 0.3) is 0 Å². The van der Waals surface area contributed by atoms with Crippen molar-refractivity contribution in [3.8, 4) is 5.75 Å². The summed E-state index contributed by atoms with van der Waals surface area (Å²) in [5.41, 5.74) is 7.57. The van der Waals surface area contributed by atoms with Crippen LogP contribution in [0.1, 0.15) is 11.1 Å². The number of esters is 1. The molecular weight excluding hydrogens is 274 g/mol. The topological polar surface area (TPSA) is 52.3 Å². The Bertz CT molecular complexity index is 526. The highest BCUT2D eigenvalue weighted by molar-refractivity contribution is 5.85. The highest BCUT2D eigenvalue weighted by atomic mass is 35.5. The van der Waals surface area contributed by atoms with Gasteiger partial charge in [0.05, 0.1) is 6.42 Å². The average molecular weight is 292 g/mol. The zero-order valence-corrected chi connectivity index (χ0v) is 11.9. The highest BCUT2D eigenvalue weighted by Gasteiger charge is 2.06. The second-order valence-electron chi connectivity index (χ2n) is 4.32. The van der Waals surface area contributed by atoms with Gasteiger partial charge in [-0.2, -0.15) is 0 Å². The summed E-state index contributed by atoms with van der Waals surface area (Å²) in [6, 6.07) is 17.0. The van der Waals surface area contributed by atoms with Gasteiger partial charge in [-0.05, 0) is 36.2 Å². The standard InChI is InChI=1S/C16H17NO2.ClH/c17-11-10-13-6-8-15(9-7-13)19-16(18)12-14-4-2-1-3-5-14;/h1-9H,10-12,17H2;1H. The van der Waals surface area contributed by atoms with Gasteiger partial charge in [-0.15, -0.1) is 12.4 Å². The molecule has 106 valence electrons. The summed E-state index contributed by atoms with van der Waals surface area (Å²) < 4.78 is 5.28. The zero-order chi connectivity index (χ0) is 13.5. The van der Waals surface area contributed by atoms with Crippen molar-refractivity contribution in [2.75, 3.05) is 6.54 Å². The summed E-state index contributed by atoms with van der Waals surface area (Å²) in [5.74, 6) is 0.319. The van der Waals surface area contributed by atoms with Crippen molar-refractivity contribution in [2.24, 2.45) is 5.73 Å². The first-order valence-electron chi connectivity index (χ1n) is 6.31. The smallest absolute Gasteiger partial charge is 0.315 e. The zero-order valence-electron chi connectivity index (χ0n) is 11.1. The first kappa shape index (κ1) is 16.2. The van der Waals surface area contributed by atoms with Crippen LogP contribution in [0.4, 0.5) is 0 Å². The van der Waals surface area contributed by atoms with Crippen LogP contribution < -0.4 is 10.5 Å². The summed E-state index contributed by atoms with van der Waals surface area (Å²) in [4.78, 5) is 11.8. The monoisotopic (exact) mass is 291 g/mol. The fourth-order valence-electron chi connectivity index (χ4n) is 1.82. The maximum Gasteiger partial charge on any atom is 0.315 e. The van der Waals surface area contributed by atoms with Gasteiger partial charge in [0.15, 0.2) is 0 Å². The van der Waals surface area contributed by atoms with Crippen LogP contribution in [-0.4, -0.2) is 12.5 Å². The number of benzene rings is 2. The molecule has 0 heterocycles. The number of halogens is 1. The van der Waals surface area contributed by atoms with Gasteiger partial charge in [-0.25, -0.2) is 0 Å². The molecule has 20 heavy (non-hydrogen) atoms. The lowest BCUT2D eigenvalue weighted by atomic mass is 10.1. The summed E-state index contributed by atoms with van der Waals surface area (Å²) in [6.45, 7) is 0.618. The SMILES string of the molecule is Cl.NCCc1ccc(OC(=O)Cc2ccccc2)cc1. The lowest BCUT2D eigenvalue weighted by Crippen LogP contribution is -2.11. The largest absolute Gasteiger partial charge is 0.426 e. The van der Waals surface area contributed by atoms with Crippen molar-refractivity contribution in [1.29, 1.82) is 0 Å². The van der Waals surface area contributed by atoms with Crippen molar-refractivity contribution >= 4 is 18.4 Å². The van der Waals surface area contributed by atoms with Gasteiger partial charge in [0.1, 0.15) is 5.75 Å². The van der Waals surface area contributed by atoms with E-state index in [-0.39, 0.29) is 24.8 Å². The third kappa shape index (κ3) is 5.03. The third-order valence-corrected chi connectivity index (χ3v) is 2.78. The maximum atomic E-state index is 11.8. The molecule has 0 radical (unpaired) electrons. The molecule has 0 saturated carbocycles. The second kappa shape index (κ2) is 8.35.